The van der Waals surface area contributed by atoms with Crippen molar-refractivity contribution in [1.82, 2.24) is 14.9 Å². The van der Waals surface area contributed by atoms with Crippen molar-refractivity contribution in [3.05, 3.63) is 59.7 Å². The predicted molar refractivity (Wildman–Crippen MR) is 113 cm³/mol. The number of hydrogen-bond acceptors (Lipinski definition) is 4. The van der Waals surface area contributed by atoms with Gasteiger partial charge in [0.25, 0.3) is 5.91 Å². The minimum absolute atomic E-state index is 0.0235. The Kier molecular flexibility index (Phi) is 3.35. The van der Waals surface area contributed by atoms with Gasteiger partial charge in [0.15, 0.2) is 0 Å². The standard InChI is InChI=1S/C22H20N4OS/c27-21(17-13-28-19-4-2-1-3-15(17)19)26-12-11-25(14-22(26)7-8-22)18-6-10-24-20-16(18)5-9-23-20/h1-6,9-10,13H,7-8,11-12,14H2,(H,23,24). The molecule has 0 radical (unpaired) electrons. The summed E-state index contributed by atoms with van der Waals surface area (Å²) in [5, 5.41) is 4.27. The number of amides is 1. The predicted octanol–water partition coefficient (Wildman–Crippen LogP) is 4.27. The molecule has 0 unspecified atom stereocenters. The number of benzene rings is 1. The maximum atomic E-state index is 13.4. The Bertz CT molecular complexity index is 1210. The number of aromatic amines is 1. The minimum atomic E-state index is -0.0235. The molecule has 4 aromatic rings. The molecule has 1 aromatic carbocycles. The van der Waals surface area contributed by atoms with Crippen molar-refractivity contribution in [2.75, 3.05) is 24.5 Å². The van der Waals surface area contributed by atoms with E-state index in [1.807, 2.05) is 29.9 Å². The molecule has 1 saturated heterocycles. The second-order valence-electron chi connectivity index (χ2n) is 7.82. The quantitative estimate of drug-likeness (QED) is 0.558. The van der Waals surface area contributed by atoms with Gasteiger partial charge in [-0.25, -0.2) is 4.98 Å². The lowest BCUT2D eigenvalue weighted by Crippen LogP contribution is -2.57. The van der Waals surface area contributed by atoms with Crippen LogP contribution >= 0.6 is 11.3 Å². The van der Waals surface area contributed by atoms with Gasteiger partial charge >= 0.3 is 0 Å². The Morgan fingerprint density at radius 3 is 2.89 bits per heavy atom. The van der Waals surface area contributed by atoms with Crippen LogP contribution in [0.3, 0.4) is 0 Å². The third-order valence-electron chi connectivity index (χ3n) is 6.21. The number of rotatable bonds is 2. The van der Waals surface area contributed by atoms with Crippen LogP contribution in [0.2, 0.25) is 0 Å². The van der Waals surface area contributed by atoms with E-state index in [-0.39, 0.29) is 11.4 Å². The van der Waals surface area contributed by atoms with Crippen LogP contribution in [0.4, 0.5) is 5.69 Å². The van der Waals surface area contributed by atoms with Crippen molar-refractivity contribution in [3.63, 3.8) is 0 Å². The van der Waals surface area contributed by atoms with Crippen LogP contribution in [-0.2, 0) is 0 Å². The van der Waals surface area contributed by atoms with Crippen LogP contribution in [0.15, 0.2) is 54.2 Å². The molecule has 2 aliphatic rings. The van der Waals surface area contributed by atoms with Crippen LogP contribution in [0.1, 0.15) is 23.2 Å². The summed E-state index contributed by atoms with van der Waals surface area (Å²) < 4.78 is 1.18. The van der Waals surface area contributed by atoms with Crippen molar-refractivity contribution in [2.45, 2.75) is 18.4 Å². The van der Waals surface area contributed by atoms with Crippen LogP contribution < -0.4 is 4.90 Å². The maximum absolute atomic E-state index is 13.4. The minimum Gasteiger partial charge on any atom is -0.367 e. The van der Waals surface area contributed by atoms with E-state index in [0.717, 1.165) is 54.5 Å². The van der Waals surface area contributed by atoms with E-state index in [2.05, 4.69) is 44.0 Å². The number of carbonyl (C=O) groups is 1. The highest BCUT2D eigenvalue weighted by Crippen LogP contribution is 2.46. The molecule has 2 fully saturated rings. The molecule has 1 aliphatic carbocycles. The molecule has 0 bridgehead atoms. The number of H-pyrrole nitrogens is 1. The molecule has 28 heavy (non-hydrogen) atoms. The Morgan fingerprint density at radius 1 is 1.11 bits per heavy atom. The highest BCUT2D eigenvalue weighted by Gasteiger charge is 2.53. The molecule has 1 amide bonds. The van der Waals surface area contributed by atoms with Crippen LogP contribution in [0, 0.1) is 0 Å². The molecule has 0 atom stereocenters. The maximum Gasteiger partial charge on any atom is 0.255 e. The van der Waals surface area contributed by atoms with Crippen molar-refractivity contribution in [3.8, 4) is 0 Å². The van der Waals surface area contributed by atoms with Gasteiger partial charge in [-0.1, -0.05) is 18.2 Å². The zero-order chi connectivity index (χ0) is 18.7. The second-order valence-corrected chi connectivity index (χ2v) is 8.73. The summed E-state index contributed by atoms with van der Waals surface area (Å²) in [6.45, 7) is 2.50. The van der Waals surface area contributed by atoms with E-state index in [0.29, 0.717) is 0 Å². The Morgan fingerprint density at radius 2 is 2.00 bits per heavy atom. The lowest BCUT2D eigenvalue weighted by atomic mass is 10.1. The fourth-order valence-corrected chi connectivity index (χ4v) is 5.52. The number of anilines is 1. The summed E-state index contributed by atoms with van der Waals surface area (Å²) in [4.78, 5) is 25.6. The summed E-state index contributed by atoms with van der Waals surface area (Å²) in [6.07, 6.45) is 5.97. The number of carbonyl (C=O) groups excluding carboxylic acids is 1. The first-order valence-corrected chi connectivity index (χ1v) is 10.6. The van der Waals surface area contributed by atoms with Crippen molar-refractivity contribution in [1.29, 1.82) is 0 Å². The van der Waals surface area contributed by atoms with Crippen LogP contribution in [-0.4, -0.2) is 45.9 Å². The Balaban J connectivity index is 1.32. The summed E-state index contributed by atoms with van der Waals surface area (Å²) in [5.74, 6) is 0.191. The number of nitrogens with zero attached hydrogens (tertiary/aromatic N) is 3. The molecule has 1 saturated carbocycles. The molecule has 1 N–H and O–H groups in total. The Labute approximate surface area is 166 Å². The molecule has 1 aliphatic heterocycles. The molecular weight excluding hydrogens is 368 g/mol. The lowest BCUT2D eigenvalue weighted by molar-refractivity contribution is 0.0627. The van der Waals surface area contributed by atoms with Crippen LogP contribution in [0.5, 0.6) is 0 Å². The number of thiophene rings is 1. The largest absolute Gasteiger partial charge is 0.367 e. The van der Waals surface area contributed by atoms with E-state index in [4.69, 9.17) is 0 Å². The molecule has 6 rings (SSSR count). The smallest absolute Gasteiger partial charge is 0.255 e. The first kappa shape index (κ1) is 16.1. The van der Waals surface area contributed by atoms with E-state index < -0.39 is 0 Å². The lowest BCUT2D eigenvalue weighted by Gasteiger charge is -2.43. The highest BCUT2D eigenvalue weighted by molar-refractivity contribution is 7.17. The van der Waals surface area contributed by atoms with Crippen molar-refractivity contribution < 1.29 is 4.79 Å². The fraction of sp³-hybridized carbons (Fsp3) is 0.273. The number of fused-ring (bicyclic) bond motifs is 2. The number of hydrogen-bond donors (Lipinski definition) is 1. The third kappa shape index (κ3) is 2.31. The van der Waals surface area contributed by atoms with Gasteiger partial charge in [-0.15, -0.1) is 11.3 Å². The van der Waals surface area contributed by atoms with Crippen LogP contribution in [0.25, 0.3) is 21.1 Å². The summed E-state index contributed by atoms with van der Waals surface area (Å²) in [6, 6.07) is 12.4. The first-order valence-electron chi connectivity index (χ1n) is 9.70. The van der Waals surface area contributed by atoms with E-state index in [9.17, 15) is 4.79 Å². The fourth-order valence-electron chi connectivity index (χ4n) is 4.58. The molecule has 6 heteroatoms. The molecule has 3 aromatic heterocycles. The van der Waals surface area contributed by atoms with Gasteiger partial charge in [-0.3, -0.25) is 4.79 Å². The summed E-state index contributed by atoms with van der Waals surface area (Å²) in [7, 11) is 0. The number of pyridine rings is 1. The topological polar surface area (TPSA) is 52.2 Å². The molecule has 4 heterocycles. The molecule has 140 valence electrons. The van der Waals surface area contributed by atoms with Crippen molar-refractivity contribution in [2.24, 2.45) is 0 Å². The monoisotopic (exact) mass is 388 g/mol. The van der Waals surface area contributed by atoms with Gasteiger partial charge in [0.2, 0.25) is 0 Å². The zero-order valence-electron chi connectivity index (χ0n) is 15.4. The van der Waals surface area contributed by atoms with Gasteiger partial charge in [0.1, 0.15) is 5.65 Å². The SMILES string of the molecule is O=C(c1csc2ccccc12)N1CCN(c2ccnc3[nH]ccc23)CC12CC2. The third-order valence-corrected chi connectivity index (χ3v) is 7.18. The number of piperazine rings is 1. The van der Waals surface area contributed by atoms with Crippen molar-refractivity contribution >= 4 is 44.1 Å². The average molecular weight is 388 g/mol. The highest BCUT2D eigenvalue weighted by atomic mass is 32.1. The average Bonchev–Trinajstić information content (AvgIpc) is 3.16. The molecular formula is C22H20N4OS. The molecule has 1 spiro atoms. The summed E-state index contributed by atoms with van der Waals surface area (Å²) in [5.41, 5.74) is 2.97. The van der Waals surface area contributed by atoms with Gasteiger partial charge in [-0.05, 0) is 31.0 Å². The van der Waals surface area contributed by atoms with Gasteiger partial charge < -0.3 is 14.8 Å². The van der Waals surface area contributed by atoms with E-state index in [1.54, 1.807) is 11.3 Å². The van der Waals surface area contributed by atoms with E-state index >= 15 is 0 Å². The van der Waals surface area contributed by atoms with Gasteiger partial charge in [-0.2, -0.15) is 0 Å². The first-order chi connectivity index (χ1) is 13.8. The second kappa shape index (κ2) is 5.82. The van der Waals surface area contributed by atoms with Gasteiger partial charge in [0.05, 0.1) is 11.1 Å². The van der Waals surface area contributed by atoms with E-state index in [1.165, 1.54) is 10.4 Å². The molecule has 5 nitrogen and oxygen atoms in total. The number of nitrogens with one attached hydrogen (secondary N) is 1. The number of aromatic nitrogens is 2. The normalized spacial score (nSPS) is 18.3. The van der Waals surface area contributed by atoms with Gasteiger partial charge in [0, 0.05) is 58.6 Å². The Hall–Kier alpha value is -2.86. The zero-order valence-corrected chi connectivity index (χ0v) is 16.2. The summed E-state index contributed by atoms with van der Waals surface area (Å²) >= 11 is 1.66.